The van der Waals surface area contributed by atoms with Crippen LogP contribution < -0.4 is 4.74 Å². The average molecular weight is 307 g/mol. The number of nitrogens with zero attached hydrogens (tertiary/aromatic N) is 1. The van der Waals surface area contributed by atoms with Crippen molar-refractivity contribution in [2.45, 2.75) is 26.8 Å². The maximum absolute atomic E-state index is 11.8. The van der Waals surface area contributed by atoms with Crippen LogP contribution in [0.5, 0.6) is 5.75 Å². The molecular weight excluding hydrogens is 286 g/mol. The average Bonchev–Trinajstić information content (AvgIpc) is 2.92. The molecule has 23 heavy (non-hydrogen) atoms. The molecule has 0 amide bonds. The third kappa shape index (κ3) is 3.29. The lowest BCUT2D eigenvalue weighted by Crippen LogP contribution is -2.04. The van der Waals surface area contributed by atoms with Crippen LogP contribution >= 0.6 is 0 Å². The van der Waals surface area contributed by atoms with E-state index in [0.717, 1.165) is 40.7 Å². The first-order valence-electron chi connectivity index (χ1n) is 7.94. The fraction of sp³-hybridized carbons (Fsp3) is 0.250. The molecule has 0 radical (unpaired) electrons. The zero-order valence-electron chi connectivity index (χ0n) is 13.6. The lowest BCUT2D eigenvalue weighted by atomic mass is 10.1. The molecule has 0 N–H and O–H groups in total. The molecule has 1 aromatic heterocycles. The first-order chi connectivity index (χ1) is 11.2. The fourth-order valence-corrected chi connectivity index (χ4v) is 2.85. The molecule has 0 aliphatic carbocycles. The predicted octanol–water partition coefficient (Wildman–Crippen LogP) is 4.62. The molecule has 0 saturated heterocycles. The van der Waals surface area contributed by atoms with Gasteiger partial charge in [0, 0.05) is 29.2 Å². The summed E-state index contributed by atoms with van der Waals surface area (Å²) in [5.74, 6) is 1.05. The zero-order valence-corrected chi connectivity index (χ0v) is 13.6. The summed E-state index contributed by atoms with van der Waals surface area (Å²) in [4.78, 5) is 11.8. The van der Waals surface area contributed by atoms with E-state index in [1.165, 1.54) is 0 Å². The Morgan fingerprint density at radius 1 is 1.09 bits per heavy atom. The van der Waals surface area contributed by atoms with Crippen molar-refractivity contribution in [2.75, 3.05) is 6.61 Å². The Hall–Kier alpha value is -2.55. The van der Waals surface area contributed by atoms with Crippen molar-refractivity contribution in [3.05, 3.63) is 65.9 Å². The van der Waals surface area contributed by atoms with E-state index in [2.05, 4.69) is 10.6 Å². The third-order valence-corrected chi connectivity index (χ3v) is 4.06. The SMILES string of the molecule is CC(=O)c1cn(CCCOc2ccccc2C)c2ccccc12. The summed E-state index contributed by atoms with van der Waals surface area (Å²) in [6.45, 7) is 5.16. The van der Waals surface area contributed by atoms with Gasteiger partial charge in [-0.25, -0.2) is 0 Å². The molecule has 0 unspecified atom stereocenters. The van der Waals surface area contributed by atoms with Crippen LogP contribution in [0.3, 0.4) is 0 Å². The van der Waals surface area contributed by atoms with E-state index in [4.69, 9.17) is 4.74 Å². The van der Waals surface area contributed by atoms with Crippen LogP contribution in [0.1, 0.15) is 29.3 Å². The van der Waals surface area contributed by atoms with Crippen LogP contribution in [0.25, 0.3) is 10.9 Å². The van der Waals surface area contributed by atoms with Gasteiger partial charge >= 0.3 is 0 Å². The quantitative estimate of drug-likeness (QED) is 0.491. The van der Waals surface area contributed by atoms with Crippen molar-refractivity contribution < 1.29 is 9.53 Å². The lowest BCUT2D eigenvalue weighted by Gasteiger charge is -2.09. The Bertz CT molecular complexity index is 833. The molecule has 3 aromatic rings. The molecule has 3 heteroatoms. The van der Waals surface area contributed by atoms with Gasteiger partial charge in [-0.15, -0.1) is 0 Å². The van der Waals surface area contributed by atoms with Gasteiger partial charge in [-0.05, 0) is 38.0 Å². The van der Waals surface area contributed by atoms with Gasteiger partial charge in [0.1, 0.15) is 5.75 Å². The summed E-state index contributed by atoms with van der Waals surface area (Å²) in [6.07, 6.45) is 2.85. The molecule has 0 atom stereocenters. The minimum atomic E-state index is 0.108. The van der Waals surface area contributed by atoms with E-state index in [0.29, 0.717) is 6.61 Å². The number of benzene rings is 2. The highest BCUT2D eigenvalue weighted by Crippen LogP contribution is 2.22. The minimum absolute atomic E-state index is 0.108. The van der Waals surface area contributed by atoms with E-state index in [9.17, 15) is 4.79 Å². The van der Waals surface area contributed by atoms with Crippen molar-refractivity contribution in [3.8, 4) is 5.75 Å². The number of fused-ring (bicyclic) bond motifs is 1. The summed E-state index contributed by atoms with van der Waals surface area (Å²) >= 11 is 0. The standard InChI is InChI=1S/C20H21NO2/c1-15-8-3-6-11-20(15)23-13-7-12-21-14-18(16(2)22)17-9-4-5-10-19(17)21/h3-6,8-11,14H,7,12-13H2,1-2H3. The summed E-state index contributed by atoms with van der Waals surface area (Å²) in [7, 11) is 0. The molecule has 3 nitrogen and oxygen atoms in total. The molecule has 118 valence electrons. The molecule has 0 saturated carbocycles. The molecule has 2 aromatic carbocycles. The smallest absolute Gasteiger partial charge is 0.161 e. The number of aromatic nitrogens is 1. The molecule has 0 aliphatic rings. The highest BCUT2D eigenvalue weighted by molar-refractivity contribution is 6.06. The number of ether oxygens (including phenoxy) is 1. The van der Waals surface area contributed by atoms with E-state index in [1.54, 1.807) is 6.92 Å². The van der Waals surface area contributed by atoms with Crippen molar-refractivity contribution in [2.24, 2.45) is 0 Å². The molecule has 3 rings (SSSR count). The molecule has 1 heterocycles. The molecule has 0 bridgehead atoms. The van der Waals surface area contributed by atoms with Crippen molar-refractivity contribution in [3.63, 3.8) is 0 Å². The van der Waals surface area contributed by atoms with E-state index in [1.807, 2.05) is 55.6 Å². The van der Waals surface area contributed by atoms with Gasteiger partial charge in [0.2, 0.25) is 0 Å². The normalized spacial score (nSPS) is 10.9. The number of carbonyl (C=O) groups is 1. The van der Waals surface area contributed by atoms with Gasteiger partial charge in [-0.3, -0.25) is 4.79 Å². The lowest BCUT2D eigenvalue weighted by molar-refractivity contribution is 0.101. The summed E-state index contributed by atoms with van der Waals surface area (Å²) < 4.78 is 7.99. The molecule has 0 spiro atoms. The van der Waals surface area contributed by atoms with Crippen LogP contribution in [0.15, 0.2) is 54.7 Å². The van der Waals surface area contributed by atoms with E-state index in [-0.39, 0.29) is 5.78 Å². The second kappa shape index (κ2) is 6.69. The number of hydrogen-bond acceptors (Lipinski definition) is 2. The largest absolute Gasteiger partial charge is 0.493 e. The summed E-state index contributed by atoms with van der Waals surface area (Å²) in [6, 6.07) is 16.1. The number of ketones is 1. The van der Waals surface area contributed by atoms with Crippen molar-refractivity contribution in [1.29, 1.82) is 0 Å². The molecule has 0 fully saturated rings. The van der Waals surface area contributed by atoms with Gasteiger partial charge in [0.05, 0.1) is 6.61 Å². The fourth-order valence-electron chi connectivity index (χ4n) is 2.85. The second-order valence-electron chi connectivity index (χ2n) is 5.78. The Kier molecular flexibility index (Phi) is 4.47. The Balaban J connectivity index is 1.68. The highest BCUT2D eigenvalue weighted by atomic mass is 16.5. The van der Waals surface area contributed by atoms with Gasteiger partial charge in [-0.1, -0.05) is 36.4 Å². The van der Waals surface area contributed by atoms with Crippen LogP contribution in [-0.4, -0.2) is 17.0 Å². The summed E-state index contributed by atoms with van der Waals surface area (Å²) in [5, 5.41) is 1.03. The second-order valence-corrected chi connectivity index (χ2v) is 5.78. The number of para-hydroxylation sites is 2. The number of Topliss-reactive ketones (excluding diaryl/α,β-unsaturated/α-hetero) is 1. The number of aryl methyl sites for hydroxylation is 2. The van der Waals surface area contributed by atoms with Crippen LogP contribution in [0, 0.1) is 6.92 Å². The maximum Gasteiger partial charge on any atom is 0.161 e. The van der Waals surface area contributed by atoms with Crippen LogP contribution in [0.2, 0.25) is 0 Å². The molecule has 0 aliphatic heterocycles. The number of hydrogen-bond donors (Lipinski definition) is 0. The van der Waals surface area contributed by atoms with Gasteiger partial charge in [0.25, 0.3) is 0 Å². The van der Waals surface area contributed by atoms with Gasteiger partial charge < -0.3 is 9.30 Å². The Labute approximate surface area is 136 Å². The topological polar surface area (TPSA) is 31.2 Å². The van der Waals surface area contributed by atoms with E-state index < -0.39 is 0 Å². The van der Waals surface area contributed by atoms with Crippen LogP contribution in [-0.2, 0) is 6.54 Å². The predicted molar refractivity (Wildman–Crippen MR) is 93.2 cm³/mol. The maximum atomic E-state index is 11.8. The summed E-state index contributed by atoms with van der Waals surface area (Å²) in [5.41, 5.74) is 3.05. The first-order valence-corrected chi connectivity index (χ1v) is 7.94. The van der Waals surface area contributed by atoms with Gasteiger partial charge in [-0.2, -0.15) is 0 Å². The minimum Gasteiger partial charge on any atom is -0.493 e. The Morgan fingerprint density at radius 2 is 1.83 bits per heavy atom. The number of carbonyl (C=O) groups excluding carboxylic acids is 1. The Morgan fingerprint density at radius 3 is 2.61 bits per heavy atom. The number of rotatable bonds is 6. The first kappa shape index (κ1) is 15.3. The van der Waals surface area contributed by atoms with E-state index >= 15 is 0 Å². The van der Waals surface area contributed by atoms with Crippen LogP contribution in [0.4, 0.5) is 0 Å². The van der Waals surface area contributed by atoms with Crippen molar-refractivity contribution >= 4 is 16.7 Å². The highest BCUT2D eigenvalue weighted by Gasteiger charge is 2.11. The monoisotopic (exact) mass is 307 g/mol. The van der Waals surface area contributed by atoms with Crippen molar-refractivity contribution in [1.82, 2.24) is 4.57 Å². The zero-order chi connectivity index (χ0) is 16.2. The third-order valence-electron chi connectivity index (χ3n) is 4.06. The molecular formula is C20H21NO2. The van der Waals surface area contributed by atoms with Gasteiger partial charge in [0.15, 0.2) is 5.78 Å².